The number of amides is 1. The molecule has 0 bridgehead atoms. The van der Waals surface area contributed by atoms with Crippen LogP contribution in [-0.4, -0.2) is 17.9 Å². The van der Waals surface area contributed by atoms with Crippen molar-refractivity contribution in [1.82, 2.24) is 5.32 Å². The largest absolute Gasteiger partial charge is 0.442 e. The maximum Gasteiger partial charge on any atom is 0.410 e. The zero-order chi connectivity index (χ0) is 13.7. The second-order valence-electron chi connectivity index (χ2n) is 4.62. The molecule has 19 heavy (non-hydrogen) atoms. The number of benzene rings is 1. The van der Waals surface area contributed by atoms with Gasteiger partial charge in [-0.25, -0.2) is 4.79 Å². The molecule has 1 saturated heterocycles. The number of alkyl carbamates (subject to hydrolysis) is 1. The lowest BCUT2D eigenvalue weighted by molar-refractivity contribution is -0.0399. The maximum atomic E-state index is 11.8. The van der Waals surface area contributed by atoms with E-state index in [1.165, 1.54) is 0 Å². The van der Waals surface area contributed by atoms with E-state index in [4.69, 9.17) is 21.1 Å². The average molecular weight is 284 g/mol. The van der Waals surface area contributed by atoms with E-state index in [0.717, 1.165) is 18.4 Å². The second-order valence-corrected chi connectivity index (χ2v) is 5.23. The Morgan fingerprint density at radius 1 is 1.42 bits per heavy atom. The molecule has 1 aromatic rings. The first kappa shape index (κ1) is 14.2. The third kappa shape index (κ3) is 4.11. The molecule has 1 heterocycles. The summed E-state index contributed by atoms with van der Waals surface area (Å²) in [4.78, 5) is 11.8. The van der Waals surface area contributed by atoms with Crippen LogP contribution < -0.4 is 5.32 Å². The van der Waals surface area contributed by atoms with Gasteiger partial charge in [0.15, 0.2) is 0 Å². The van der Waals surface area contributed by atoms with Gasteiger partial charge in [0.2, 0.25) is 5.18 Å². The van der Waals surface area contributed by atoms with Crippen molar-refractivity contribution in [3.05, 3.63) is 35.9 Å². The number of carbonyl (C=O) groups excluding carboxylic acids is 1. The summed E-state index contributed by atoms with van der Waals surface area (Å²) in [6.07, 6.45) is 1.59. The van der Waals surface area contributed by atoms with Gasteiger partial charge in [-0.05, 0) is 25.3 Å². The Kier molecular flexibility index (Phi) is 4.66. The standard InChI is InChI=1S/C14H18ClNO3/c1-11(12-7-3-2-4-8-12)19-13(17)16-14(15)9-5-6-10-18-14/h2-4,7-8,11H,5-6,9-10H2,1H3,(H,16,17). The first-order valence-corrected chi connectivity index (χ1v) is 6.83. The molecule has 2 atom stereocenters. The lowest BCUT2D eigenvalue weighted by Gasteiger charge is -2.31. The highest BCUT2D eigenvalue weighted by Gasteiger charge is 2.33. The van der Waals surface area contributed by atoms with E-state index in [1.54, 1.807) is 0 Å². The van der Waals surface area contributed by atoms with E-state index in [0.29, 0.717) is 13.0 Å². The van der Waals surface area contributed by atoms with Gasteiger partial charge in [0, 0.05) is 6.42 Å². The predicted molar refractivity (Wildman–Crippen MR) is 72.9 cm³/mol. The average Bonchev–Trinajstić information content (AvgIpc) is 2.39. The minimum atomic E-state index is -1.12. The highest BCUT2D eigenvalue weighted by atomic mass is 35.5. The third-order valence-corrected chi connectivity index (χ3v) is 3.46. The molecule has 1 amide bonds. The quantitative estimate of drug-likeness (QED) is 0.681. The fraction of sp³-hybridized carbons (Fsp3) is 0.500. The zero-order valence-corrected chi connectivity index (χ0v) is 11.7. The van der Waals surface area contributed by atoms with Gasteiger partial charge >= 0.3 is 6.09 Å². The second kappa shape index (κ2) is 6.26. The van der Waals surface area contributed by atoms with Gasteiger partial charge < -0.3 is 9.47 Å². The number of hydrogen-bond donors (Lipinski definition) is 1. The molecule has 0 spiro atoms. The molecule has 4 nitrogen and oxygen atoms in total. The van der Waals surface area contributed by atoms with Crippen LogP contribution in [-0.2, 0) is 9.47 Å². The number of hydrogen-bond acceptors (Lipinski definition) is 3. The summed E-state index contributed by atoms with van der Waals surface area (Å²) in [6.45, 7) is 2.37. The van der Waals surface area contributed by atoms with Gasteiger partial charge in [-0.3, -0.25) is 5.32 Å². The summed E-state index contributed by atoms with van der Waals surface area (Å²) in [5, 5.41) is 1.46. The molecular weight excluding hydrogens is 266 g/mol. The highest BCUT2D eigenvalue weighted by molar-refractivity contribution is 6.23. The minimum absolute atomic E-state index is 0.329. The highest BCUT2D eigenvalue weighted by Crippen LogP contribution is 2.27. The van der Waals surface area contributed by atoms with Gasteiger partial charge in [-0.15, -0.1) is 0 Å². The number of carbonyl (C=O) groups is 1. The van der Waals surface area contributed by atoms with Crippen molar-refractivity contribution in [2.24, 2.45) is 0 Å². The van der Waals surface area contributed by atoms with E-state index >= 15 is 0 Å². The number of alkyl halides is 1. The minimum Gasteiger partial charge on any atom is -0.442 e. The molecule has 1 N–H and O–H groups in total. The number of nitrogens with one attached hydrogen (secondary N) is 1. The molecule has 0 radical (unpaired) electrons. The summed E-state index contributed by atoms with van der Waals surface area (Å²) in [5.41, 5.74) is 0.936. The topological polar surface area (TPSA) is 47.6 Å². The van der Waals surface area contributed by atoms with Gasteiger partial charge in [-0.2, -0.15) is 0 Å². The van der Waals surface area contributed by atoms with E-state index < -0.39 is 11.3 Å². The molecule has 1 fully saturated rings. The fourth-order valence-corrected chi connectivity index (χ4v) is 2.28. The lowest BCUT2D eigenvalue weighted by atomic mass is 10.1. The van der Waals surface area contributed by atoms with Gasteiger partial charge in [-0.1, -0.05) is 41.9 Å². The molecule has 1 aliphatic heterocycles. The van der Waals surface area contributed by atoms with Crippen molar-refractivity contribution < 1.29 is 14.3 Å². The van der Waals surface area contributed by atoms with Crippen LogP contribution in [0.4, 0.5) is 4.79 Å². The summed E-state index contributed by atoms with van der Waals surface area (Å²) < 4.78 is 10.7. The molecule has 104 valence electrons. The smallest absolute Gasteiger partial charge is 0.410 e. The molecule has 2 unspecified atom stereocenters. The summed E-state index contributed by atoms with van der Waals surface area (Å²) in [5.74, 6) is 0. The molecule has 2 rings (SSSR count). The van der Waals surface area contributed by atoms with Crippen molar-refractivity contribution in [2.75, 3.05) is 6.61 Å². The normalized spacial score (nSPS) is 24.5. The molecule has 0 saturated carbocycles. The van der Waals surface area contributed by atoms with Crippen molar-refractivity contribution >= 4 is 17.7 Å². The van der Waals surface area contributed by atoms with Crippen LogP contribution in [0.5, 0.6) is 0 Å². The van der Waals surface area contributed by atoms with Crippen molar-refractivity contribution in [2.45, 2.75) is 37.5 Å². The first-order chi connectivity index (χ1) is 9.09. The maximum absolute atomic E-state index is 11.8. The molecule has 1 aromatic carbocycles. The van der Waals surface area contributed by atoms with Crippen molar-refractivity contribution in [3.8, 4) is 0 Å². The number of halogens is 1. The summed E-state index contributed by atoms with van der Waals surface area (Å²) in [6, 6.07) is 9.54. The van der Waals surface area contributed by atoms with E-state index in [-0.39, 0.29) is 6.10 Å². The van der Waals surface area contributed by atoms with Crippen molar-refractivity contribution in [1.29, 1.82) is 0 Å². The molecule has 0 aliphatic carbocycles. The van der Waals surface area contributed by atoms with Crippen LogP contribution in [0, 0.1) is 0 Å². The number of ether oxygens (including phenoxy) is 2. The van der Waals surface area contributed by atoms with Crippen molar-refractivity contribution in [3.63, 3.8) is 0 Å². The molecular formula is C14H18ClNO3. The van der Waals surface area contributed by atoms with Crippen LogP contribution in [0.1, 0.15) is 37.9 Å². The Morgan fingerprint density at radius 3 is 2.79 bits per heavy atom. The summed E-state index contributed by atoms with van der Waals surface area (Å²) >= 11 is 6.17. The SMILES string of the molecule is CC(OC(=O)NC1(Cl)CCCCO1)c1ccccc1. The van der Waals surface area contributed by atoms with Crippen LogP contribution in [0.25, 0.3) is 0 Å². The molecule has 5 heteroatoms. The Bertz CT molecular complexity index is 418. The predicted octanol–water partition coefficient (Wildman–Crippen LogP) is 3.57. The number of rotatable bonds is 3. The Hall–Kier alpha value is -1.26. The molecule has 0 aromatic heterocycles. The first-order valence-electron chi connectivity index (χ1n) is 6.46. The Morgan fingerprint density at radius 2 is 2.16 bits per heavy atom. The fourth-order valence-electron chi connectivity index (χ4n) is 1.99. The van der Waals surface area contributed by atoms with Crippen LogP contribution in [0.2, 0.25) is 0 Å². The van der Waals surface area contributed by atoms with Gasteiger partial charge in [0.05, 0.1) is 6.61 Å². The van der Waals surface area contributed by atoms with Gasteiger partial charge in [0.1, 0.15) is 6.10 Å². The van der Waals surface area contributed by atoms with E-state index in [1.807, 2.05) is 37.3 Å². The Balaban J connectivity index is 1.87. The monoisotopic (exact) mass is 283 g/mol. The van der Waals surface area contributed by atoms with Crippen LogP contribution in [0.3, 0.4) is 0 Å². The molecule has 1 aliphatic rings. The van der Waals surface area contributed by atoms with Crippen LogP contribution in [0.15, 0.2) is 30.3 Å². The lowest BCUT2D eigenvalue weighted by Crippen LogP contribution is -2.48. The zero-order valence-electron chi connectivity index (χ0n) is 10.9. The van der Waals surface area contributed by atoms with Gasteiger partial charge in [0.25, 0.3) is 0 Å². The van der Waals surface area contributed by atoms with E-state index in [9.17, 15) is 4.79 Å². The summed E-state index contributed by atoms with van der Waals surface area (Å²) in [7, 11) is 0. The van der Waals surface area contributed by atoms with Crippen LogP contribution >= 0.6 is 11.6 Å². The Labute approximate surface area is 118 Å². The van der Waals surface area contributed by atoms with E-state index in [2.05, 4.69) is 5.32 Å². The third-order valence-electron chi connectivity index (χ3n) is 3.07.